The standard InChI is InChI=1S/C28H32BrN3O4S/c1-3-26(28(34)30-4-2)31(19-18-22-12-7-5-8-13-22)27(33)21-32(24-15-11-14-23(29)20-24)37(35,36)25-16-9-6-10-17-25/h5-17,20,26H,3-4,18-19,21H2,1-2H3,(H,30,34)/t26-/m1/s1. The summed E-state index contributed by atoms with van der Waals surface area (Å²) in [7, 11) is -4.07. The molecule has 37 heavy (non-hydrogen) atoms. The van der Waals surface area contributed by atoms with Gasteiger partial charge in [0.2, 0.25) is 11.8 Å². The van der Waals surface area contributed by atoms with E-state index in [9.17, 15) is 18.0 Å². The Labute approximate surface area is 227 Å². The van der Waals surface area contributed by atoms with Crippen LogP contribution >= 0.6 is 15.9 Å². The molecule has 9 heteroatoms. The maximum Gasteiger partial charge on any atom is 0.264 e. The average Bonchev–Trinajstić information content (AvgIpc) is 2.90. The highest BCUT2D eigenvalue weighted by Gasteiger charge is 2.33. The van der Waals surface area contributed by atoms with E-state index < -0.39 is 28.5 Å². The van der Waals surface area contributed by atoms with E-state index in [1.807, 2.05) is 44.2 Å². The van der Waals surface area contributed by atoms with Gasteiger partial charge in [0.05, 0.1) is 10.6 Å². The number of hydrogen-bond donors (Lipinski definition) is 1. The van der Waals surface area contributed by atoms with E-state index in [0.717, 1.165) is 9.87 Å². The Morgan fingerprint density at radius 3 is 2.16 bits per heavy atom. The second kappa shape index (κ2) is 13.4. The lowest BCUT2D eigenvalue weighted by Gasteiger charge is -2.33. The fourth-order valence-corrected chi connectivity index (χ4v) is 5.88. The van der Waals surface area contributed by atoms with Crippen molar-refractivity contribution in [2.24, 2.45) is 0 Å². The summed E-state index contributed by atoms with van der Waals surface area (Å²) in [4.78, 5) is 28.3. The first-order valence-electron chi connectivity index (χ1n) is 12.2. The largest absolute Gasteiger partial charge is 0.355 e. The molecular weight excluding hydrogens is 554 g/mol. The molecule has 0 aliphatic carbocycles. The molecule has 0 aliphatic heterocycles. The fraction of sp³-hybridized carbons (Fsp3) is 0.286. The van der Waals surface area contributed by atoms with Gasteiger partial charge in [0, 0.05) is 17.6 Å². The molecule has 0 saturated heterocycles. The number of nitrogens with one attached hydrogen (secondary N) is 1. The van der Waals surface area contributed by atoms with Crippen molar-refractivity contribution in [2.45, 2.75) is 37.6 Å². The predicted octanol–water partition coefficient (Wildman–Crippen LogP) is 4.63. The van der Waals surface area contributed by atoms with Crippen LogP contribution in [0.5, 0.6) is 0 Å². The molecule has 3 aromatic carbocycles. The Morgan fingerprint density at radius 1 is 0.919 bits per heavy atom. The number of rotatable bonds is 12. The van der Waals surface area contributed by atoms with Crippen LogP contribution in [0.2, 0.25) is 0 Å². The third kappa shape index (κ3) is 7.42. The second-order valence-electron chi connectivity index (χ2n) is 8.45. The number of carbonyl (C=O) groups is 2. The van der Waals surface area contributed by atoms with Gasteiger partial charge in [-0.3, -0.25) is 13.9 Å². The molecular formula is C28H32BrN3O4S. The minimum atomic E-state index is -4.07. The third-order valence-corrected chi connectivity index (χ3v) is 8.21. The minimum Gasteiger partial charge on any atom is -0.355 e. The van der Waals surface area contributed by atoms with Gasteiger partial charge in [0.15, 0.2) is 0 Å². The number of anilines is 1. The molecule has 0 aromatic heterocycles. The van der Waals surface area contributed by atoms with Crippen LogP contribution in [0.25, 0.3) is 0 Å². The summed E-state index contributed by atoms with van der Waals surface area (Å²) in [5.41, 5.74) is 1.37. The zero-order valence-electron chi connectivity index (χ0n) is 21.0. The molecule has 1 atom stereocenters. The molecule has 7 nitrogen and oxygen atoms in total. The van der Waals surface area contributed by atoms with Crippen LogP contribution in [0.4, 0.5) is 5.69 Å². The molecule has 0 spiro atoms. The Kier molecular flexibility index (Phi) is 10.3. The van der Waals surface area contributed by atoms with E-state index in [2.05, 4.69) is 21.2 Å². The summed E-state index contributed by atoms with van der Waals surface area (Å²) >= 11 is 3.40. The van der Waals surface area contributed by atoms with Gasteiger partial charge in [-0.25, -0.2) is 8.42 Å². The van der Waals surface area contributed by atoms with Crippen molar-refractivity contribution in [2.75, 3.05) is 23.9 Å². The van der Waals surface area contributed by atoms with Crippen LogP contribution < -0.4 is 9.62 Å². The number of amides is 2. The highest BCUT2D eigenvalue weighted by Crippen LogP contribution is 2.27. The molecule has 0 unspecified atom stereocenters. The van der Waals surface area contributed by atoms with E-state index in [1.165, 1.54) is 17.0 Å². The maximum atomic E-state index is 13.8. The van der Waals surface area contributed by atoms with Crippen molar-refractivity contribution in [1.29, 1.82) is 0 Å². The molecule has 3 aromatic rings. The molecule has 2 amide bonds. The molecule has 0 bridgehead atoms. The summed E-state index contributed by atoms with van der Waals surface area (Å²) in [5, 5.41) is 2.81. The first kappa shape index (κ1) is 28.4. The van der Waals surface area contributed by atoms with E-state index in [4.69, 9.17) is 0 Å². The predicted molar refractivity (Wildman–Crippen MR) is 150 cm³/mol. The van der Waals surface area contributed by atoms with Gasteiger partial charge in [-0.1, -0.05) is 77.5 Å². The number of benzene rings is 3. The van der Waals surface area contributed by atoms with Crippen molar-refractivity contribution in [1.82, 2.24) is 10.2 Å². The monoisotopic (exact) mass is 585 g/mol. The number of carbonyl (C=O) groups excluding carboxylic acids is 2. The number of halogens is 1. The molecule has 0 aliphatic rings. The Morgan fingerprint density at radius 2 is 1.57 bits per heavy atom. The van der Waals surface area contributed by atoms with Crippen LogP contribution in [0.1, 0.15) is 25.8 Å². The summed E-state index contributed by atoms with van der Waals surface area (Å²) in [6, 6.07) is 23.8. The average molecular weight is 587 g/mol. The maximum absolute atomic E-state index is 13.8. The van der Waals surface area contributed by atoms with Gasteiger partial charge in [-0.2, -0.15) is 0 Å². The van der Waals surface area contributed by atoms with Crippen molar-refractivity contribution in [3.63, 3.8) is 0 Å². The normalized spacial score (nSPS) is 12.0. The van der Waals surface area contributed by atoms with E-state index in [1.54, 1.807) is 42.5 Å². The van der Waals surface area contributed by atoms with Gasteiger partial charge in [0.25, 0.3) is 10.0 Å². The first-order chi connectivity index (χ1) is 17.8. The van der Waals surface area contributed by atoms with Crippen LogP contribution in [0.3, 0.4) is 0 Å². The summed E-state index contributed by atoms with van der Waals surface area (Å²) in [6.45, 7) is 3.93. The van der Waals surface area contributed by atoms with Gasteiger partial charge in [-0.15, -0.1) is 0 Å². The minimum absolute atomic E-state index is 0.0781. The topological polar surface area (TPSA) is 86.8 Å². The van der Waals surface area contributed by atoms with Crippen LogP contribution in [-0.4, -0.2) is 50.8 Å². The Bertz CT molecular complexity index is 1290. The van der Waals surface area contributed by atoms with Crippen LogP contribution in [0.15, 0.2) is 94.3 Å². The Balaban J connectivity index is 1.99. The second-order valence-corrected chi connectivity index (χ2v) is 11.2. The highest BCUT2D eigenvalue weighted by molar-refractivity contribution is 9.10. The lowest BCUT2D eigenvalue weighted by atomic mass is 10.1. The van der Waals surface area contributed by atoms with E-state index in [0.29, 0.717) is 29.5 Å². The van der Waals surface area contributed by atoms with Gasteiger partial charge in [0.1, 0.15) is 12.6 Å². The highest BCUT2D eigenvalue weighted by atomic mass is 79.9. The number of hydrogen-bond acceptors (Lipinski definition) is 4. The number of likely N-dealkylation sites (N-methyl/N-ethyl adjacent to an activating group) is 1. The van der Waals surface area contributed by atoms with Crippen LogP contribution in [-0.2, 0) is 26.0 Å². The Hall–Kier alpha value is -3.17. The summed E-state index contributed by atoms with van der Waals surface area (Å²) < 4.78 is 29.2. The van der Waals surface area contributed by atoms with Crippen molar-refractivity contribution in [3.8, 4) is 0 Å². The first-order valence-corrected chi connectivity index (χ1v) is 14.5. The molecule has 0 radical (unpaired) electrons. The SMILES string of the molecule is CCNC(=O)[C@@H](CC)N(CCc1ccccc1)C(=O)CN(c1cccc(Br)c1)S(=O)(=O)c1ccccc1. The summed E-state index contributed by atoms with van der Waals surface area (Å²) in [5.74, 6) is -0.708. The van der Waals surface area contributed by atoms with Gasteiger partial charge in [-0.05, 0) is 55.7 Å². The zero-order valence-corrected chi connectivity index (χ0v) is 23.4. The number of nitrogens with zero attached hydrogens (tertiary/aromatic N) is 2. The molecule has 3 rings (SSSR count). The molecule has 0 heterocycles. The van der Waals surface area contributed by atoms with Crippen LogP contribution in [0, 0.1) is 0 Å². The lowest BCUT2D eigenvalue weighted by molar-refractivity contribution is -0.139. The van der Waals surface area contributed by atoms with Gasteiger partial charge >= 0.3 is 0 Å². The summed E-state index contributed by atoms with van der Waals surface area (Å²) in [6.07, 6.45) is 0.930. The smallest absolute Gasteiger partial charge is 0.264 e. The lowest BCUT2D eigenvalue weighted by Crippen LogP contribution is -2.53. The van der Waals surface area contributed by atoms with E-state index >= 15 is 0 Å². The molecule has 196 valence electrons. The fourth-order valence-electron chi connectivity index (χ4n) is 4.07. The van der Waals surface area contributed by atoms with Crippen molar-refractivity contribution in [3.05, 3.63) is 95.0 Å². The molecule has 0 saturated carbocycles. The zero-order chi connectivity index (χ0) is 26.8. The van der Waals surface area contributed by atoms with E-state index in [-0.39, 0.29) is 17.3 Å². The van der Waals surface area contributed by atoms with Gasteiger partial charge < -0.3 is 10.2 Å². The van der Waals surface area contributed by atoms with Crippen molar-refractivity contribution >= 4 is 43.5 Å². The third-order valence-electron chi connectivity index (χ3n) is 5.93. The quantitative estimate of drug-likeness (QED) is 0.336. The van der Waals surface area contributed by atoms with Crippen molar-refractivity contribution < 1.29 is 18.0 Å². The molecule has 0 fully saturated rings. The number of sulfonamides is 1. The molecule has 1 N–H and O–H groups in total.